The summed E-state index contributed by atoms with van der Waals surface area (Å²) >= 11 is 0. The standard InChI is InChI=1S/C9H9F2O.CH3.W/c1-6-3-4-8(7(2)5-6)12-9(10)11;;/h4-5,9H,1-2H3;1H3;/q2*-1;+2. The van der Waals surface area contributed by atoms with Crippen LogP contribution in [0.3, 0.4) is 0 Å². The molecule has 4 heteroatoms. The first-order valence-corrected chi connectivity index (χ1v) is 3.53. The number of aryl methyl sites for hydroxylation is 2. The molecule has 0 heterocycles. The predicted octanol–water partition coefficient (Wildman–Crippen LogP) is 3.15. The van der Waals surface area contributed by atoms with Gasteiger partial charge in [0, 0.05) is 5.75 Å². The molecular formula is C10H12F2OW. The van der Waals surface area contributed by atoms with E-state index in [0.29, 0.717) is 5.56 Å². The molecule has 0 fully saturated rings. The van der Waals surface area contributed by atoms with E-state index >= 15 is 0 Å². The van der Waals surface area contributed by atoms with Crippen molar-refractivity contribution < 1.29 is 34.6 Å². The van der Waals surface area contributed by atoms with Crippen molar-refractivity contribution in [2.24, 2.45) is 0 Å². The van der Waals surface area contributed by atoms with Gasteiger partial charge in [-0.15, -0.1) is 11.6 Å². The van der Waals surface area contributed by atoms with Crippen LogP contribution in [0.25, 0.3) is 0 Å². The van der Waals surface area contributed by atoms with Gasteiger partial charge in [0.05, 0.1) is 0 Å². The van der Waals surface area contributed by atoms with Gasteiger partial charge in [-0.3, -0.25) is 0 Å². The van der Waals surface area contributed by atoms with Crippen molar-refractivity contribution in [3.63, 3.8) is 0 Å². The number of hydrogen-bond donors (Lipinski definition) is 0. The van der Waals surface area contributed by atoms with E-state index in [1.165, 1.54) is 6.07 Å². The van der Waals surface area contributed by atoms with Gasteiger partial charge in [-0.05, 0) is 0 Å². The Morgan fingerprint density at radius 1 is 1.36 bits per heavy atom. The van der Waals surface area contributed by atoms with Crippen molar-refractivity contribution in [1.29, 1.82) is 0 Å². The third-order valence-electron chi connectivity index (χ3n) is 1.47. The Morgan fingerprint density at radius 3 is 2.36 bits per heavy atom. The van der Waals surface area contributed by atoms with Crippen LogP contribution in [0.2, 0.25) is 0 Å². The Labute approximate surface area is 97.7 Å². The molecule has 0 atom stereocenters. The summed E-state index contributed by atoms with van der Waals surface area (Å²) in [4.78, 5) is 0. The second-order valence-corrected chi connectivity index (χ2v) is 2.54. The van der Waals surface area contributed by atoms with Crippen LogP contribution < -0.4 is 4.74 Å². The Hall–Kier alpha value is -0.432. The molecule has 0 saturated carbocycles. The minimum absolute atomic E-state index is 0. The van der Waals surface area contributed by atoms with Crippen LogP contribution in [0, 0.1) is 27.3 Å². The molecule has 1 aromatic rings. The summed E-state index contributed by atoms with van der Waals surface area (Å²) in [5, 5.41) is 0. The summed E-state index contributed by atoms with van der Waals surface area (Å²) in [6, 6.07) is 5.96. The number of rotatable bonds is 2. The van der Waals surface area contributed by atoms with Crippen LogP contribution in [0.1, 0.15) is 11.1 Å². The average Bonchev–Trinajstić information content (AvgIpc) is 1.94. The van der Waals surface area contributed by atoms with Gasteiger partial charge in [0.1, 0.15) is 0 Å². The van der Waals surface area contributed by atoms with E-state index in [1.807, 2.05) is 6.92 Å². The molecule has 0 aliphatic carbocycles. The predicted molar refractivity (Wildman–Crippen MR) is 47.8 cm³/mol. The fourth-order valence-corrected chi connectivity index (χ4v) is 0.954. The van der Waals surface area contributed by atoms with Gasteiger partial charge in [-0.2, -0.15) is 26.5 Å². The molecular weight excluding hydrogens is 358 g/mol. The third-order valence-corrected chi connectivity index (χ3v) is 1.47. The molecule has 0 saturated heterocycles. The fraction of sp³-hybridized carbons (Fsp3) is 0.300. The normalized spacial score (nSPS) is 8.93. The molecule has 0 spiro atoms. The van der Waals surface area contributed by atoms with E-state index < -0.39 is 6.61 Å². The van der Waals surface area contributed by atoms with Gasteiger partial charge in [0.2, 0.25) is 0 Å². The Morgan fingerprint density at radius 2 is 1.93 bits per heavy atom. The number of alkyl halides is 2. The van der Waals surface area contributed by atoms with Gasteiger partial charge in [-0.1, -0.05) is 13.8 Å². The van der Waals surface area contributed by atoms with E-state index in [2.05, 4.69) is 10.8 Å². The molecule has 0 radical (unpaired) electrons. The minimum Gasteiger partial charge on any atom is -0.499 e. The summed E-state index contributed by atoms with van der Waals surface area (Å²) in [5.41, 5.74) is 1.61. The molecule has 0 N–H and O–H groups in total. The van der Waals surface area contributed by atoms with Crippen LogP contribution in [-0.2, 0) is 21.1 Å². The van der Waals surface area contributed by atoms with Gasteiger partial charge in [0.15, 0.2) is 0 Å². The van der Waals surface area contributed by atoms with Crippen LogP contribution in [-0.4, -0.2) is 6.61 Å². The van der Waals surface area contributed by atoms with Gasteiger partial charge in [0.25, 0.3) is 0 Å². The van der Waals surface area contributed by atoms with E-state index in [-0.39, 0.29) is 34.2 Å². The second kappa shape index (κ2) is 6.94. The number of halogens is 2. The molecule has 1 nitrogen and oxygen atoms in total. The molecule has 0 aliphatic heterocycles. The van der Waals surface area contributed by atoms with E-state index in [4.69, 9.17) is 0 Å². The monoisotopic (exact) mass is 370 g/mol. The Kier molecular flexibility index (Phi) is 7.94. The van der Waals surface area contributed by atoms with E-state index in [1.54, 1.807) is 13.0 Å². The van der Waals surface area contributed by atoms with E-state index in [9.17, 15) is 8.78 Å². The topological polar surface area (TPSA) is 9.23 Å². The van der Waals surface area contributed by atoms with Crippen molar-refractivity contribution in [2.75, 3.05) is 0 Å². The summed E-state index contributed by atoms with van der Waals surface area (Å²) in [7, 11) is 0. The minimum atomic E-state index is -2.76. The molecule has 0 aromatic heterocycles. The maximum absolute atomic E-state index is 11.8. The summed E-state index contributed by atoms with van der Waals surface area (Å²) in [6.07, 6.45) is 0. The zero-order valence-corrected chi connectivity index (χ0v) is 11.2. The van der Waals surface area contributed by atoms with Crippen molar-refractivity contribution in [3.8, 4) is 5.75 Å². The SMILES string of the molecule is Cc1[c-]cc(OC(F)F)c(C)c1.[CH3-].[W+2]. The van der Waals surface area contributed by atoms with Gasteiger partial charge >= 0.3 is 27.7 Å². The quantitative estimate of drug-likeness (QED) is 0.727. The summed E-state index contributed by atoms with van der Waals surface area (Å²) in [5.74, 6) is 0.190. The summed E-state index contributed by atoms with van der Waals surface area (Å²) in [6.45, 7) is 0.803. The maximum Gasteiger partial charge on any atom is 2.00 e. The molecule has 78 valence electrons. The number of hydrogen-bond acceptors (Lipinski definition) is 1. The summed E-state index contributed by atoms with van der Waals surface area (Å²) < 4.78 is 27.8. The molecule has 1 aromatic carbocycles. The Balaban J connectivity index is 0. The smallest absolute Gasteiger partial charge is 0.499 e. The maximum atomic E-state index is 11.8. The van der Waals surface area contributed by atoms with Gasteiger partial charge < -0.3 is 12.2 Å². The van der Waals surface area contributed by atoms with Crippen LogP contribution in [0.15, 0.2) is 12.1 Å². The van der Waals surface area contributed by atoms with Crippen molar-refractivity contribution in [2.45, 2.75) is 20.5 Å². The first-order valence-electron chi connectivity index (χ1n) is 3.53. The van der Waals surface area contributed by atoms with Crippen molar-refractivity contribution in [1.82, 2.24) is 0 Å². The number of benzene rings is 1. The zero-order valence-electron chi connectivity index (χ0n) is 8.30. The molecule has 1 rings (SSSR count). The van der Waals surface area contributed by atoms with Crippen molar-refractivity contribution in [3.05, 3.63) is 36.8 Å². The third kappa shape index (κ3) is 4.71. The van der Waals surface area contributed by atoms with Gasteiger partial charge in [-0.25, -0.2) is 0 Å². The second-order valence-electron chi connectivity index (χ2n) is 2.54. The zero-order chi connectivity index (χ0) is 9.14. The first-order chi connectivity index (χ1) is 5.59. The van der Waals surface area contributed by atoms with Crippen LogP contribution in [0.5, 0.6) is 5.75 Å². The molecule has 0 bridgehead atoms. The largest absolute Gasteiger partial charge is 2.00 e. The van der Waals surface area contributed by atoms with Crippen LogP contribution >= 0.6 is 0 Å². The van der Waals surface area contributed by atoms with E-state index in [0.717, 1.165) is 5.56 Å². The number of ether oxygens (including phenoxy) is 1. The molecule has 0 unspecified atom stereocenters. The first kappa shape index (κ1) is 16.0. The van der Waals surface area contributed by atoms with Crippen molar-refractivity contribution >= 4 is 0 Å². The molecule has 14 heavy (non-hydrogen) atoms. The molecule has 0 amide bonds. The average molecular weight is 370 g/mol. The fourth-order valence-electron chi connectivity index (χ4n) is 0.954. The van der Waals surface area contributed by atoms with Crippen LogP contribution in [0.4, 0.5) is 8.78 Å². The Bertz CT molecular complexity index is 277. The molecule has 0 aliphatic rings.